The average molecular weight is 401 g/mol. The van der Waals surface area contributed by atoms with Crippen LogP contribution >= 0.6 is 0 Å². The Morgan fingerprint density at radius 2 is 1.90 bits per heavy atom. The first-order chi connectivity index (χ1) is 14.0. The molecule has 1 fully saturated rings. The van der Waals surface area contributed by atoms with Gasteiger partial charge in [-0.1, -0.05) is 0 Å². The maximum atomic E-state index is 12.2. The van der Waals surface area contributed by atoms with Crippen LogP contribution in [0.1, 0.15) is 0 Å². The molecular weight excluding hydrogens is 382 g/mol. The van der Waals surface area contributed by atoms with E-state index in [1.807, 2.05) is 0 Å². The van der Waals surface area contributed by atoms with Gasteiger partial charge in [-0.25, -0.2) is 4.98 Å². The average Bonchev–Trinajstić information content (AvgIpc) is 2.74. The fourth-order valence-electron chi connectivity index (χ4n) is 2.71. The minimum atomic E-state index is -0.999. The van der Waals surface area contributed by atoms with Crippen LogP contribution in [0.25, 0.3) is 0 Å². The lowest BCUT2D eigenvalue weighted by atomic mass is 10.2. The number of non-ortho nitro benzene ring substituents is 1. The molecule has 0 spiro atoms. The second-order valence-corrected chi connectivity index (χ2v) is 6.05. The number of amides is 2. The first kappa shape index (κ1) is 20.0. The number of anilines is 3. The van der Waals surface area contributed by atoms with E-state index in [1.54, 1.807) is 12.1 Å². The topological polar surface area (TPSA) is 136 Å². The highest BCUT2D eigenvalue weighted by Crippen LogP contribution is 2.28. The smallest absolute Gasteiger partial charge is 0.314 e. The van der Waals surface area contributed by atoms with E-state index in [1.165, 1.54) is 25.4 Å². The van der Waals surface area contributed by atoms with E-state index >= 15 is 0 Å². The van der Waals surface area contributed by atoms with Gasteiger partial charge in [-0.15, -0.1) is 0 Å². The minimum Gasteiger partial charge on any atom is -0.495 e. The molecule has 29 heavy (non-hydrogen) atoms. The van der Waals surface area contributed by atoms with Gasteiger partial charge in [0.15, 0.2) is 0 Å². The first-order valence-corrected chi connectivity index (χ1v) is 8.71. The van der Waals surface area contributed by atoms with E-state index in [2.05, 4.69) is 20.5 Å². The molecular formula is C18H19N5O6. The molecule has 0 saturated carbocycles. The number of aromatic nitrogens is 1. The summed E-state index contributed by atoms with van der Waals surface area (Å²) in [5.74, 6) is -1.01. The lowest BCUT2D eigenvalue weighted by Gasteiger charge is -2.27. The Balaban J connectivity index is 1.64. The highest BCUT2D eigenvalue weighted by molar-refractivity contribution is 6.43. The molecule has 3 rings (SSSR count). The summed E-state index contributed by atoms with van der Waals surface area (Å²) in [7, 11) is 1.35. The Labute approximate surface area is 165 Å². The van der Waals surface area contributed by atoms with Crippen molar-refractivity contribution in [3.05, 3.63) is 46.6 Å². The zero-order valence-electron chi connectivity index (χ0n) is 15.6. The number of nitro benzene ring substituents is 1. The molecule has 2 N–H and O–H groups in total. The van der Waals surface area contributed by atoms with Crippen LogP contribution in [-0.2, 0) is 14.3 Å². The van der Waals surface area contributed by atoms with Crippen molar-refractivity contribution in [1.82, 2.24) is 4.98 Å². The van der Waals surface area contributed by atoms with Crippen molar-refractivity contribution in [3.8, 4) is 5.75 Å². The molecule has 2 heterocycles. The van der Waals surface area contributed by atoms with Gasteiger partial charge in [-0.05, 0) is 18.2 Å². The van der Waals surface area contributed by atoms with Crippen LogP contribution < -0.4 is 20.3 Å². The molecule has 2 amide bonds. The van der Waals surface area contributed by atoms with Gasteiger partial charge < -0.3 is 25.0 Å². The van der Waals surface area contributed by atoms with Crippen molar-refractivity contribution in [1.29, 1.82) is 0 Å². The van der Waals surface area contributed by atoms with Gasteiger partial charge in [0.05, 0.1) is 42.8 Å². The highest BCUT2D eigenvalue weighted by Gasteiger charge is 2.19. The van der Waals surface area contributed by atoms with Crippen molar-refractivity contribution in [2.24, 2.45) is 0 Å². The number of pyridine rings is 1. The SMILES string of the molecule is COc1ccc([N+](=O)[O-])cc1NC(=O)C(=O)Nc1ccc(N2CCOCC2)nc1. The van der Waals surface area contributed by atoms with E-state index in [4.69, 9.17) is 9.47 Å². The number of nitrogens with zero attached hydrogens (tertiary/aromatic N) is 3. The van der Waals surface area contributed by atoms with Crippen molar-refractivity contribution in [2.45, 2.75) is 0 Å². The predicted octanol–water partition coefficient (Wildman–Crippen LogP) is 1.41. The molecule has 0 radical (unpaired) electrons. The Kier molecular flexibility index (Phi) is 6.19. The second kappa shape index (κ2) is 8.97. The molecule has 11 nitrogen and oxygen atoms in total. The molecule has 1 aliphatic rings. The normalized spacial score (nSPS) is 13.5. The number of methoxy groups -OCH3 is 1. The number of benzene rings is 1. The zero-order chi connectivity index (χ0) is 20.8. The van der Waals surface area contributed by atoms with Crippen LogP contribution in [-0.4, -0.2) is 55.1 Å². The second-order valence-electron chi connectivity index (χ2n) is 6.05. The number of hydrogen-bond acceptors (Lipinski definition) is 8. The summed E-state index contributed by atoms with van der Waals surface area (Å²) in [5.41, 5.74) is 0.111. The fraction of sp³-hybridized carbons (Fsp3) is 0.278. The van der Waals surface area contributed by atoms with E-state index in [9.17, 15) is 19.7 Å². The third kappa shape index (κ3) is 4.96. The third-order valence-electron chi connectivity index (χ3n) is 4.19. The highest BCUT2D eigenvalue weighted by atomic mass is 16.6. The maximum Gasteiger partial charge on any atom is 0.314 e. The minimum absolute atomic E-state index is 0.0163. The molecule has 0 atom stereocenters. The van der Waals surface area contributed by atoms with E-state index in [-0.39, 0.29) is 17.1 Å². The number of carbonyl (C=O) groups excluding carboxylic acids is 2. The molecule has 1 aromatic heterocycles. The number of ether oxygens (including phenoxy) is 2. The molecule has 0 aliphatic carbocycles. The Hall–Kier alpha value is -3.73. The van der Waals surface area contributed by atoms with Gasteiger partial charge in [0, 0.05) is 25.2 Å². The Bertz CT molecular complexity index is 911. The Morgan fingerprint density at radius 1 is 1.17 bits per heavy atom. The fourth-order valence-corrected chi connectivity index (χ4v) is 2.71. The standard InChI is InChI=1S/C18H19N5O6/c1-28-15-4-3-13(23(26)27)10-14(15)21-18(25)17(24)20-12-2-5-16(19-11-12)22-6-8-29-9-7-22/h2-5,10-11H,6-9H2,1H3,(H,20,24)(H,21,25). The van der Waals surface area contributed by atoms with Gasteiger partial charge in [-0.2, -0.15) is 0 Å². The molecule has 2 aromatic rings. The van der Waals surface area contributed by atoms with Gasteiger partial charge in [0.2, 0.25) is 0 Å². The van der Waals surface area contributed by atoms with Gasteiger partial charge >= 0.3 is 11.8 Å². The van der Waals surface area contributed by atoms with Crippen molar-refractivity contribution in [2.75, 3.05) is 48.9 Å². The van der Waals surface area contributed by atoms with Crippen LogP contribution in [0.2, 0.25) is 0 Å². The summed E-state index contributed by atoms with van der Waals surface area (Å²) < 4.78 is 10.3. The van der Waals surface area contributed by atoms with Crippen molar-refractivity contribution in [3.63, 3.8) is 0 Å². The van der Waals surface area contributed by atoms with Crippen molar-refractivity contribution >= 4 is 34.7 Å². The van der Waals surface area contributed by atoms with Gasteiger partial charge in [0.1, 0.15) is 11.6 Å². The number of hydrogen-bond donors (Lipinski definition) is 2. The molecule has 152 valence electrons. The van der Waals surface area contributed by atoms with E-state index in [0.29, 0.717) is 18.9 Å². The van der Waals surface area contributed by atoms with Crippen molar-refractivity contribution < 1.29 is 24.0 Å². The quantitative estimate of drug-likeness (QED) is 0.436. The number of morpholine rings is 1. The summed E-state index contributed by atoms with van der Waals surface area (Å²) in [5, 5.41) is 15.7. The molecule has 11 heteroatoms. The molecule has 1 aromatic carbocycles. The summed E-state index contributed by atoms with van der Waals surface area (Å²) >= 11 is 0. The number of carbonyl (C=O) groups is 2. The molecule has 1 saturated heterocycles. The molecule has 0 bridgehead atoms. The zero-order valence-corrected chi connectivity index (χ0v) is 15.6. The summed E-state index contributed by atoms with van der Waals surface area (Å²) in [6.07, 6.45) is 1.45. The van der Waals surface area contributed by atoms with Crippen LogP contribution in [0.5, 0.6) is 5.75 Å². The summed E-state index contributed by atoms with van der Waals surface area (Å²) in [6.45, 7) is 2.71. The van der Waals surface area contributed by atoms with Crippen LogP contribution in [0, 0.1) is 10.1 Å². The predicted molar refractivity (Wildman–Crippen MR) is 104 cm³/mol. The van der Waals surface area contributed by atoms with Crippen LogP contribution in [0.15, 0.2) is 36.5 Å². The lowest BCUT2D eigenvalue weighted by molar-refractivity contribution is -0.384. The molecule has 1 aliphatic heterocycles. The van der Waals surface area contributed by atoms with Gasteiger partial charge in [-0.3, -0.25) is 19.7 Å². The maximum absolute atomic E-state index is 12.2. The number of nitrogens with one attached hydrogen (secondary N) is 2. The first-order valence-electron chi connectivity index (χ1n) is 8.71. The monoisotopic (exact) mass is 401 g/mol. The number of rotatable bonds is 5. The van der Waals surface area contributed by atoms with Gasteiger partial charge in [0.25, 0.3) is 5.69 Å². The number of nitro groups is 1. The van der Waals surface area contributed by atoms with E-state index < -0.39 is 16.7 Å². The summed E-state index contributed by atoms with van der Waals surface area (Å²) in [4.78, 5) is 41.0. The Morgan fingerprint density at radius 3 is 2.52 bits per heavy atom. The molecule has 0 unspecified atom stereocenters. The lowest BCUT2D eigenvalue weighted by Crippen LogP contribution is -2.36. The third-order valence-corrected chi connectivity index (χ3v) is 4.19. The van der Waals surface area contributed by atoms with E-state index in [0.717, 1.165) is 25.0 Å². The summed E-state index contributed by atoms with van der Waals surface area (Å²) in [6, 6.07) is 7.05. The largest absolute Gasteiger partial charge is 0.495 e. The van der Waals surface area contributed by atoms with Crippen LogP contribution in [0.4, 0.5) is 22.9 Å². The van der Waals surface area contributed by atoms with Crippen LogP contribution in [0.3, 0.4) is 0 Å².